The van der Waals surface area contributed by atoms with E-state index < -0.39 is 0 Å². The van der Waals surface area contributed by atoms with Crippen LogP contribution >= 0.6 is 0 Å². The Morgan fingerprint density at radius 1 is 1.09 bits per heavy atom. The first-order valence-corrected chi connectivity index (χ1v) is 7.73. The molecule has 0 fully saturated rings. The molecule has 116 valence electrons. The first kappa shape index (κ1) is 17.0. The Morgan fingerprint density at radius 2 is 1.82 bits per heavy atom. The fourth-order valence-electron chi connectivity index (χ4n) is 2.99. The zero-order chi connectivity index (χ0) is 14.8. The van der Waals surface area contributed by atoms with Crippen LogP contribution < -0.4 is 29.3 Å². The molecule has 0 atom stereocenters. The lowest BCUT2D eigenvalue weighted by atomic mass is 10.1. The molecule has 0 saturated carbocycles. The van der Waals surface area contributed by atoms with Gasteiger partial charge in [-0.15, -0.1) is 0 Å². The van der Waals surface area contributed by atoms with Gasteiger partial charge in [0.05, 0.1) is 5.35 Å². The Morgan fingerprint density at radius 3 is 2.50 bits per heavy atom. The highest BCUT2D eigenvalue weighted by atomic mass is 127. The summed E-state index contributed by atoms with van der Waals surface area (Å²) in [5.74, 6) is 0. The fourth-order valence-corrected chi connectivity index (χ4v) is 2.99. The van der Waals surface area contributed by atoms with E-state index in [2.05, 4.69) is 78.9 Å². The molecule has 0 bridgehead atoms. The van der Waals surface area contributed by atoms with Crippen molar-refractivity contribution in [1.82, 2.24) is 4.57 Å². The molecule has 0 radical (unpaired) electrons. The number of nitrogens with zero attached hydrogens (tertiary/aromatic N) is 2. The molecule has 2 nitrogen and oxygen atoms in total. The zero-order valence-corrected chi connectivity index (χ0v) is 15.7. The topological polar surface area (TPSA) is 7.94 Å². The molecule has 2 aromatic carbocycles. The van der Waals surface area contributed by atoms with E-state index in [1.165, 1.54) is 39.9 Å². The van der Waals surface area contributed by atoms with Gasteiger partial charge in [-0.3, -0.25) is 0 Å². The number of aromatic nitrogens is 1. The molecular weight excluding hydrogens is 383 g/mol. The third-order valence-corrected chi connectivity index (χ3v) is 4.01. The van der Waals surface area contributed by atoms with E-state index in [0.29, 0.717) is 0 Å². The molecule has 0 aliphatic rings. The minimum absolute atomic E-state index is 0. The van der Waals surface area contributed by atoms with Crippen LogP contribution in [-0.2, 0) is 6.54 Å². The molecule has 0 spiro atoms. The predicted octanol–water partition coefficient (Wildman–Crippen LogP) is 0.441. The average Bonchev–Trinajstić information content (AvgIpc) is 2.79. The molecule has 22 heavy (non-hydrogen) atoms. The number of benzene rings is 2. The van der Waals surface area contributed by atoms with Gasteiger partial charge in [-0.05, 0) is 17.9 Å². The SMILES string of the molecule is CCCCn1/c(=C/C=[N+](C)C)c2cccc3cccc1c32.[I-]. The monoisotopic (exact) mass is 406 g/mol. The van der Waals surface area contributed by atoms with Crippen LogP contribution in [0.2, 0.25) is 0 Å². The molecule has 0 aliphatic heterocycles. The number of aryl methyl sites for hydroxylation is 1. The summed E-state index contributed by atoms with van der Waals surface area (Å²) in [5.41, 5.74) is 1.36. The molecule has 1 aromatic heterocycles. The second kappa shape index (κ2) is 7.27. The van der Waals surface area contributed by atoms with E-state index in [1.807, 2.05) is 0 Å². The number of unbranched alkanes of at least 4 members (excludes halogenated alkanes) is 1. The molecule has 3 heteroatoms. The second-order valence-electron chi connectivity index (χ2n) is 5.85. The smallest absolute Gasteiger partial charge is 0.165 e. The van der Waals surface area contributed by atoms with Crippen molar-refractivity contribution in [3.8, 4) is 0 Å². The van der Waals surface area contributed by atoms with Crippen molar-refractivity contribution in [3.63, 3.8) is 0 Å². The van der Waals surface area contributed by atoms with Gasteiger partial charge in [-0.1, -0.05) is 43.7 Å². The van der Waals surface area contributed by atoms with E-state index in [-0.39, 0.29) is 24.0 Å². The van der Waals surface area contributed by atoms with E-state index in [9.17, 15) is 0 Å². The Bertz CT molecular complexity index is 849. The van der Waals surface area contributed by atoms with Crippen LogP contribution in [0.5, 0.6) is 0 Å². The average molecular weight is 406 g/mol. The summed E-state index contributed by atoms with van der Waals surface area (Å²) in [6, 6.07) is 13.2. The van der Waals surface area contributed by atoms with E-state index in [1.54, 1.807) is 0 Å². The molecule has 0 saturated heterocycles. The van der Waals surface area contributed by atoms with Gasteiger partial charge in [0.1, 0.15) is 14.1 Å². The summed E-state index contributed by atoms with van der Waals surface area (Å²) in [6.07, 6.45) is 6.81. The standard InChI is InChI=1S/C19H23N2.HI/c1-4-5-13-21-17(12-14-20(2)3)16-10-6-8-15-9-7-11-18(21)19(15)16;/h6-12,14H,4-5,13H2,1-3H3;1H/q+1;/p-1. The highest BCUT2D eigenvalue weighted by Gasteiger charge is 2.10. The highest BCUT2D eigenvalue weighted by molar-refractivity contribution is 6.11. The van der Waals surface area contributed by atoms with Gasteiger partial charge in [0.25, 0.3) is 0 Å². The highest BCUT2D eigenvalue weighted by Crippen LogP contribution is 2.25. The first-order valence-electron chi connectivity index (χ1n) is 7.73. The van der Waals surface area contributed by atoms with Crippen molar-refractivity contribution in [2.24, 2.45) is 0 Å². The number of halogens is 1. The van der Waals surface area contributed by atoms with Crippen LogP contribution in [0.4, 0.5) is 0 Å². The molecular formula is C19H23IN2. The van der Waals surface area contributed by atoms with Crippen LogP contribution in [-0.4, -0.2) is 29.5 Å². The van der Waals surface area contributed by atoms with Crippen molar-refractivity contribution in [3.05, 3.63) is 41.7 Å². The first-order chi connectivity index (χ1) is 10.2. The molecule has 3 aromatic rings. The Balaban J connectivity index is 0.00000176. The molecule has 3 rings (SSSR count). The van der Waals surface area contributed by atoms with E-state index in [4.69, 9.17) is 0 Å². The molecule has 0 amide bonds. The predicted molar refractivity (Wildman–Crippen MR) is 92.2 cm³/mol. The second-order valence-corrected chi connectivity index (χ2v) is 5.85. The third-order valence-electron chi connectivity index (χ3n) is 4.01. The summed E-state index contributed by atoms with van der Waals surface area (Å²) >= 11 is 0. The van der Waals surface area contributed by atoms with Gasteiger partial charge < -0.3 is 28.5 Å². The van der Waals surface area contributed by atoms with Crippen LogP contribution in [0, 0.1) is 0 Å². The molecule has 1 heterocycles. The van der Waals surface area contributed by atoms with Gasteiger partial charge in [0, 0.05) is 28.9 Å². The molecule has 0 aliphatic carbocycles. The van der Waals surface area contributed by atoms with Crippen LogP contribution in [0.3, 0.4) is 0 Å². The summed E-state index contributed by atoms with van der Waals surface area (Å²) in [6.45, 7) is 3.33. The maximum atomic E-state index is 2.47. The summed E-state index contributed by atoms with van der Waals surface area (Å²) in [4.78, 5) is 0. The van der Waals surface area contributed by atoms with Crippen LogP contribution in [0.1, 0.15) is 19.8 Å². The Kier molecular flexibility index (Phi) is 5.62. The lowest BCUT2D eigenvalue weighted by molar-refractivity contribution is -0.457. The summed E-state index contributed by atoms with van der Waals surface area (Å²) < 4.78 is 4.56. The zero-order valence-electron chi connectivity index (χ0n) is 13.5. The van der Waals surface area contributed by atoms with Gasteiger partial charge >= 0.3 is 0 Å². The Hall–Kier alpha value is -1.36. The lowest BCUT2D eigenvalue weighted by Crippen LogP contribution is -3.00. The summed E-state index contributed by atoms with van der Waals surface area (Å²) in [5, 5.41) is 5.41. The minimum Gasteiger partial charge on any atom is -1.00 e. The van der Waals surface area contributed by atoms with Crippen LogP contribution in [0.15, 0.2) is 36.4 Å². The van der Waals surface area contributed by atoms with Gasteiger partial charge in [0.15, 0.2) is 6.21 Å². The summed E-state index contributed by atoms with van der Waals surface area (Å²) in [7, 11) is 4.13. The fraction of sp³-hybridized carbons (Fsp3) is 0.316. The Labute approximate surface area is 149 Å². The van der Waals surface area contributed by atoms with Gasteiger partial charge in [0.2, 0.25) is 0 Å². The maximum Gasteiger partial charge on any atom is 0.165 e. The quantitative estimate of drug-likeness (QED) is 0.338. The molecule has 0 unspecified atom stereocenters. The largest absolute Gasteiger partial charge is 1.00 e. The normalized spacial score (nSPS) is 11.9. The van der Waals surface area contributed by atoms with Gasteiger partial charge in [-0.2, -0.15) is 0 Å². The van der Waals surface area contributed by atoms with Crippen molar-refractivity contribution < 1.29 is 28.6 Å². The number of rotatable bonds is 4. The lowest BCUT2D eigenvalue weighted by Gasteiger charge is -2.05. The van der Waals surface area contributed by atoms with E-state index in [0.717, 1.165) is 6.54 Å². The van der Waals surface area contributed by atoms with Crippen molar-refractivity contribution in [2.45, 2.75) is 26.3 Å². The minimum atomic E-state index is 0. The van der Waals surface area contributed by atoms with Crippen molar-refractivity contribution in [1.29, 1.82) is 0 Å². The van der Waals surface area contributed by atoms with Gasteiger partial charge in [-0.25, -0.2) is 4.58 Å². The van der Waals surface area contributed by atoms with Crippen LogP contribution in [0.25, 0.3) is 27.8 Å². The van der Waals surface area contributed by atoms with Crippen molar-refractivity contribution in [2.75, 3.05) is 14.1 Å². The van der Waals surface area contributed by atoms with Crippen molar-refractivity contribution >= 4 is 34.0 Å². The van der Waals surface area contributed by atoms with E-state index >= 15 is 0 Å². The molecule has 0 N–H and O–H groups in total. The maximum absolute atomic E-state index is 2.47. The number of hydrogen-bond donors (Lipinski definition) is 0. The number of hydrogen-bond acceptors (Lipinski definition) is 0. The third kappa shape index (κ3) is 3.05.